The third-order valence-corrected chi connectivity index (χ3v) is 1.66. The van der Waals surface area contributed by atoms with Crippen molar-refractivity contribution in [2.24, 2.45) is 0 Å². The molecule has 1 amide bonds. The van der Waals surface area contributed by atoms with Crippen LogP contribution in [0.4, 0.5) is 10.6 Å². The van der Waals surface area contributed by atoms with Crippen LogP contribution in [0.25, 0.3) is 0 Å². The Hall–Kier alpha value is -1.52. The summed E-state index contributed by atoms with van der Waals surface area (Å²) in [5, 5.41) is 9.09. The van der Waals surface area contributed by atoms with E-state index in [0.29, 0.717) is 5.82 Å². The summed E-state index contributed by atoms with van der Waals surface area (Å²) in [4.78, 5) is 10.8. The molecule has 0 saturated heterocycles. The van der Waals surface area contributed by atoms with Crippen LogP contribution in [0.5, 0.6) is 0 Å². The second-order valence-corrected chi connectivity index (χ2v) is 2.44. The predicted molar refractivity (Wildman–Crippen MR) is 44.1 cm³/mol. The minimum atomic E-state index is -0.510. The minimum Gasteiger partial charge on any atom is -0.453 e. The number of aromatic amines is 1. The van der Waals surface area contributed by atoms with Crippen LogP contribution in [0.1, 0.15) is 11.3 Å². The van der Waals surface area contributed by atoms with Gasteiger partial charge in [0.15, 0.2) is 5.82 Å². The first-order valence-corrected chi connectivity index (χ1v) is 3.51. The highest BCUT2D eigenvalue weighted by Crippen LogP contribution is 2.13. The van der Waals surface area contributed by atoms with Gasteiger partial charge in [0.2, 0.25) is 0 Å². The van der Waals surface area contributed by atoms with Crippen LogP contribution >= 0.6 is 0 Å². The van der Waals surface area contributed by atoms with E-state index in [1.165, 1.54) is 7.11 Å². The highest BCUT2D eigenvalue weighted by Gasteiger charge is 2.08. The number of amides is 1. The summed E-state index contributed by atoms with van der Waals surface area (Å²) in [5.74, 6) is 0.513. The molecule has 0 aliphatic heterocycles. The predicted octanol–water partition coefficient (Wildman–Crippen LogP) is 1.20. The lowest BCUT2D eigenvalue weighted by atomic mass is 10.3. The largest absolute Gasteiger partial charge is 0.453 e. The van der Waals surface area contributed by atoms with E-state index in [1.54, 1.807) is 0 Å². The number of ether oxygens (including phenoxy) is 1. The maximum absolute atomic E-state index is 10.8. The summed E-state index contributed by atoms with van der Waals surface area (Å²) in [7, 11) is 1.31. The van der Waals surface area contributed by atoms with Crippen LogP contribution in [0.3, 0.4) is 0 Å². The smallest absolute Gasteiger partial charge is 0.412 e. The maximum atomic E-state index is 10.8. The number of carbonyl (C=O) groups excluding carboxylic acids is 1. The molecule has 2 N–H and O–H groups in total. The number of nitrogens with zero attached hydrogens (tertiary/aromatic N) is 1. The van der Waals surface area contributed by atoms with Crippen molar-refractivity contribution in [1.82, 2.24) is 10.2 Å². The van der Waals surface area contributed by atoms with Crippen molar-refractivity contribution >= 4 is 11.9 Å². The molecular weight excluding hydrogens is 158 g/mol. The number of aromatic nitrogens is 2. The Morgan fingerprint density at radius 1 is 1.58 bits per heavy atom. The number of H-pyrrole nitrogens is 1. The molecule has 0 aromatic carbocycles. The summed E-state index contributed by atoms with van der Waals surface area (Å²) in [5.41, 5.74) is 1.85. The zero-order valence-corrected chi connectivity index (χ0v) is 7.26. The second-order valence-electron chi connectivity index (χ2n) is 2.44. The Balaban J connectivity index is 2.76. The third kappa shape index (κ3) is 1.55. The lowest BCUT2D eigenvalue weighted by molar-refractivity contribution is 0.187. The Morgan fingerprint density at radius 2 is 2.25 bits per heavy atom. The molecule has 5 nitrogen and oxygen atoms in total. The topological polar surface area (TPSA) is 67.0 Å². The SMILES string of the molecule is COC(=O)Nc1n[nH]c(C)c1C. The molecule has 1 aromatic rings. The van der Waals surface area contributed by atoms with E-state index in [9.17, 15) is 4.79 Å². The minimum absolute atomic E-state index is 0.510. The summed E-state index contributed by atoms with van der Waals surface area (Å²) in [6.45, 7) is 3.74. The van der Waals surface area contributed by atoms with E-state index in [-0.39, 0.29) is 0 Å². The Bertz CT molecular complexity index is 293. The van der Waals surface area contributed by atoms with Gasteiger partial charge in [-0.3, -0.25) is 10.4 Å². The molecule has 12 heavy (non-hydrogen) atoms. The Morgan fingerprint density at radius 3 is 2.67 bits per heavy atom. The molecule has 0 bridgehead atoms. The molecule has 1 heterocycles. The van der Waals surface area contributed by atoms with Crippen molar-refractivity contribution in [3.8, 4) is 0 Å². The number of hydrogen-bond acceptors (Lipinski definition) is 3. The average molecular weight is 169 g/mol. The quantitative estimate of drug-likeness (QED) is 0.663. The Labute approximate surface area is 70.1 Å². The molecule has 0 aliphatic carbocycles. The number of methoxy groups -OCH3 is 1. The first kappa shape index (κ1) is 8.58. The zero-order valence-electron chi connectivity index (χ0n) is 7.26. The molecule has 0 fully saturated rings. The first-order chi connectivity index (χ1) is 5.65. The molecule has 0 spiro atoms. The molecule has 0 unspecified atom stereocenters. The van der Waals surface area contributed by atoms with Crippen molar-refractivity contribution in [2.45, 2.75) is 13.8 Å². The summed E-state index contributed by atoms with van der Waals surface area (Å²) in [6.07, 6.45) is -0.510. The summed E-state index contributed by atoms with van der Waals surface area (Å²) >= 11 is 0. The third-order valence-electron chi connectivity index (χ3n) is 1.66. The molecule has 0 atom stereocenters. The van der Waals surface area contributed by atoms with Crippen molar-refractivity contribution in [2.75, 3.05) is 12.4 Å². The second kappa shape index (κ2) is 3.25. The molecule has 66 valence electrons. The van der Waals surface area contributed by atoms with Crippen molar-refractivity contribution in [1.29, 1.82) is 0 Å². The zero-order chi connectivity index (χ0) is 9.14. The van der Waals surface area contributed by atoms with Gasteiger partial charge >= 0.3 is 6.09 Å². The van der Waals surface area contributed by atoms with Gasteiger partial charge in [-0.05, 0) is 13.8 Å². The highest BCUT2D eigenvalue weighted by atomic mass is 16.5. The van der Waals surface area contributed by atoms with Gasteiger partial charge in [0.1, 0.15) is 0 Å². The van der Waals surface area contributed by atoms with Crippen LogP contribution in [-0.2, 0) is 4.74 Å². The van der Waals surface area contributed by atoms with Gasteiger partial charge in [-0.1, -0.05) is 0 Å². The van der Waals surface area contributed by atoms with Gasteiger partial charge in [0.25, 0.3) is 0 Å². The molecule has 1 rings (SSSR count). The number of aryl methyl sites for hydroxylation is 1. The van der Waals surface area contributed by atoms with Gasteiger partial charge in [-0.2, -0.15) is 5.10 Å². The van der Waals surface area contributed by atoms with Crippen molar-refractivity contribution in [3.63, 3.8) is 0 Å². The van der Waals surface area contributed by atoms with Gasteiger partial charge < -0.3 is 4.74 Å². The highest BCUT2D eigenvalue weighted by molar-refractivity contribution is 5.84. The van der Waals surface area contributed by atoms with Crippen molar-refractivity contribution in [3.05, 3.63) is 11.3 Å². The van der Waals surface area contributed by atoms with E-state index >= 15 is 0 Å². The number of nitrogens with one attached hydrogen (secondary N) is 2. The lowest BCUT2D eigenvalue weighted by Crippen LogP contribution is -2.11. The van der Waals surface area contributed by atoms with E-state index in [4.69, 9.17) is 0 Å². The summed E-state index contributed by atoms with van der Waals surface area (Å²) < 4.78 is 4.41. The van der Waals surface area contributed by atoms with Crippen molar-refractivity contribution < 1.29 is 9.53 Å². The fourth-order valence-electron chi connectivity index (χ4n) is 0.754. The van der Waals surface area contributed by atoms with E-state index in [2.05, 4.69) is 20.3 Å². The molecular formula is C7H11N3O2. The fraction of sp³-hybridized carbons (Fsp3) is 0.429. The lowest BCUT2D eigenvalue weighted by Gasteiger charge is -1.99. The maximum Gasteiger partial charge on any atom is 0.412 e. The van der Waals surface area contributed by atoms with Gasteiger partial charge in [0, 0.05) is 11.3 Å². The standard InChI is InChI=1S/C7H11N3O2/c1-4-5(2)9-10-6(4)8-7(11)12-3/h1-3H3,(H2,8,9,10,11). The average Bonchev–Trinajstić information content (AvgIpc) is 2.36. The van der Waals surface area contributed by atoms with Gasteiger partial charge in [0.05, 0.1) is 7.11 Å². The van der Waals surface area contributed by atoms with Gasteiger partial charge in [-0.25, -0.2) is 4.79 Å². The molecule has 0 saturated carbocycles. The number of rotatable bonds is 1. The van der Waals surface area contributed by atoms with Crippen LogP contribution in [0.2, 0.25) is 0 Å². The number of carbonyl (C=O) groups is 1. The van der Waals surface area contributed by atoms with E-state index < -0.39 is 6.09 Å². The number of anilines is 1. The van der Waals surface area contributed by atoms with Gasteiger partial charge in [-0.15, -0.1) is 0 Å². The molecule has 1 aromatic heterocycles. The molecule has 0 radical (unpaired) electrons. The van der Waals surface area contributed by atoms with Crippen LogP contribution in [0, 0.1) is 13.8 Å². The summed E-state index contributed by atoms with van der Waals surface area (Å²) in [6, 6.07) is 0. The first-order valence-electron chi connectivity index (χ1n) is 3.51. The van der Waals surface area contributed by atoms with Crippen LogP contribution in [-0.4, -0.2) is 23.4 Å². The monoisotopic (exact) mass is 169 g/mol. The molecule has 5 heteroatoms. The molecule has 0 aliphatic rings. The van der Waals surface area contributed by atoms with Crippen LogP contribution < -0.4 is 5.32 Å². The van der Waals surface area contributed by atoms with E-state index in [1.807, 2.05) is 13.8 Å². The normalized spacial score (nSPS) is 9.58. The Kier molecular flexibility index (Phi) is 2.32. The fourth-order valence-corrected chi connectivity index (χ4v) is 0.754. The van der Waals surface area contributed by atoms with Crippen LogP contribution in [0.15, 0.2) is 0 Å². The van der Waals surface area contributed by atoms with E-state index in [0.717, 1.165) is 11.3 Å². The number of hydrogen-bond donors (Lipinski definition) is 2.